The molecule has 4 nitrogen and oxygen atoms in total. The number of primary amides is 1. The van der Waals surface area contributed by atoms with Gasteiger partial charge in [-0.15, -0.1) is 0 Å². The number of nitrogens with zero attached hydrogens (tertiary/aromatic N) is 1. The smallest absolute Gasteiger partial charge is 0.251 e. The first kappa shape index (κ1) is 15.5. The molecular weight excluding hydrogens is 252 g/mol. The number of benzene rings is 1. The summed E-state index contributed by atoms with van der Waals surface area (Å²) in [5.74, 6) is -0.595. The Morgan fingerprint density at radius 2 is 2.00 bits per heavy atom. The van der Waals surface area contributed by atoms with Crippen molar-refractivity contribution in [1.82, 2.24) is 10.2 Å². The molecule has 0 bridgehead atoms. The van der Waals surface area contributed by atoms with Gasteiger partial charge in [-0.1, -0.05) is 30.3 Å². The number of hydrogen-bond donors (Lipinski definition) is 2. The van der Waals surface area contributed by atoms with E-state index in [4.69, 9.17) is 5.73 Å². The van der Waals surface area contributed by atoms with Gasteiger partial charge in [0.15, 0.2) is 0 Å². The number of nitrogens with one attached hydrogen (secondary N) is 1. The van der Waals surface area contributed by atoms with Crippen LogP contribution in [0.15, 0.2) is 30.3 Å². The van der Waals surface area contributed by atoms with E-state index >= 15 is 0 Å². The molecule has 0 spiro atoms. The Bertz CT molecular complexity index is 414. The molecule has 1 atom stereocenters. The van der Waals surface area contributed by atoms with Gasteiger partial charge in [-0.3, -0.25) is 9.69 Å². The van der Waals surface area contributed by atoms with Gasteiger partial charge in [0.05, 0.1) is 6.54 Å². The van der Waals surface area contributed by atoms with Crippen LogP contribution in [0.3, 0.4) is 0 Å². The van der Waals surface area contributed by atoms with Crippen molar-refractivity contribution in [2.45, 2.75) is 12.0 Å². The average Bonchev–Trinajstić information content (AvgIpc) is 2.35. The zero-order valence-electron chi connectivity index (χ0n) is 11.1. The number of rotatable bonds is 7. The third-order valence-corrected chi connectivity index (χ3v) is 3.07. The fourth-order valence-electron chi connectivity index (χ4n) is 2.09. The number of nitrogens with two attached hydrogens (primary N) is 1. The fraction of sp³-hybridized carbons (Fsp3) is 0.462. The first-order valence-electron chi connectivity index (χ1n) is 5.93. The minimum atomic E-state index is -2.46. The van der Waals surface area contributed by atoms with Gasteiger partial charge in [0, 0.05) is 6.54 Å². The van der Waals surface area contributed by atoms with Gasteiger partial charge in [-0.25, -0.2) is 8.78 Å². The molecule has 0 radical (unpaired) electrons. The normalized spacial score (nSPS) is 14.6. The van der Waals surface area contributed by atoms with Gasteiger partial charge in [0.25, 0.3) is 6.43 Å². The number of likely N-dealkylation sites (N-methyl/N-ethyl adjacent to an activating group) is 2. The molecule has 0 aliphatic rings. The van der Waals surface area contributed by atoms with Crippen molar-refractivity contribution >= 4 is 5.91 Å². The van der Waals surface area contributed by atoms with Crippen LogP contribution in [0.5, 0.6) is 0 Å². The largest absolute Gasteiger partial charge is 0.368 e. The van der Waals surface area contributed by atoms with Gasteiger partial charge in [0.1, 0.15) is 5.54 Å². The number of alkyl halides is 2. The third kappa shape index (κ3) is 3.71. The summed E-state index contributed by atoms with van der Waals surface area (Å²) in [4.78, 5) is 13.2. The van der Waals surface area contributed by atoms with E-state index in [1.807, 2.05) is 6.07 Å². The second-order valence-corrected chi connectivity index (χ2v) is 4.47. The Hall–Kier alpha value is -1.53. The summed E-state index contributed by atoms with van der Waals surface area (Å²) < 4.78 is 24.8. The van der Waals surface area contributed by atoms with Crippen LogP contribution in [0, 0.1) is 0 Å². The molecule has 19 heavy (non-hydrogen) atoms. The number of amides is 1. The molecule has 6 heteroatoms. The molecule has 1 rings (SSSR count). The molecule has 0 aliphatic carbocycles. The van der Waals surface area contributed by atoms with Crippen molar-refractivity contribution in [2.24, 2.45) is 5.73 Å². The van der Waals surface area contributed by atoms with E-state index in [-0.39, 0.29) is 6.54 Å². The van der Waals surface area contributed by atoms with Crippen molar-refractivity contribution in [2.75, 3.05) is 27.2 Å². The van der Waals surface area contributed by atoms with Gasteiger partial charge in [-0.2, -0.15) is 0 Å². The van der Waals surface area contributed by atoms with Crippen LogP contribution in [0.25, 0.3) is 0 Å². The van der Waals surface area contributed by atoms with E-state index in [1.165, 1.54) is 11.9 Å². The van der Waals surface area contributed by atoms with Crippen molar-refractivity contribution in [3.63, 3.8) is 0 Å². The Morgan fingerprint density at radius 1 is 1.42 bits per heavy atom. The van der Waals surface area contributed by atoms with E-state index < -0.39 is 24.4 Å². The van der Waals surface area contributed by atoms with E-state index in [0.717, 1.165) is 0 Å². The van der Waals surface area contributed by atoms with Crippen LogP contribution in [-0.4, -0.2) is 44.4 Å². The SMILES string of the molecule is CNC(CN(C)CC(F)F)(C(N)=O)c1ccccc1. The molecule has 1 aromatic rings. The third-order valence-electron chi connectivity index (χ3n) is 3.07. The fourth-order valence-corrected chi connectivity index (χ4v) is 2.09. The van der Waals surface area contributed by atoms with Gasteiger partial charge >= 0.3 is 0 Å². The van der Waals surface area contributed by atoms with Gasteiger partial charge < -0.3 is 11.1 Å². The number of carbonyl (C=O) groups is 1. The van der Waals surface area contributed by atoms with Crippen LogP contribution in [0.1, 0.15) is 5.56 Å². The lowest BCUT2D eigenvalue weighted by Gasteiger charge is -2.34. The minimum Gasteiger partial charge on any atom is -0.368 e. The maximum absolute atomic E-state index is 12.4. The van der Waals surface area contributed by atoms with Crippen molar-refractivity contribution < 1.29 is 13.6 Å². The Balaban J connectivity index is 3.04. The molecule has 1 amide bonds. The highest BCUT2D eigenvalue weighted by Gasteiger charge is 2.38. The Labute approximate surface area is 111 Å². The molecule has 0 fully saturated rings. The summed E-state index contributed by atoms with van der Waals surface area (Å²) >= 11 is 0. The standard InChI is InChI=1S/C13H19F2N3O/c1-17-13(12(16)19,9-18(2)8-11(14)15)10-6-4-3-5-7-10/h3-7,11,17H,8-9H2,1-2H3,(H2,16,19). The van der Waals surface area contributed by atoms with Crippen molar-refractivity contribution in [1.29, 1.82) is 0 Å². The van der Waals surface area contributed by atoms with E-state index in [2.05, 4.69) is 5.32 Å². The van der Waals surface area contributed by atoms with Gasteiger partial charge in [0.2, 0.25) is 5.91 Å². The zero-order chi connectivity index (χ0) is 14.5. The number of hydrogen-bond acceptors (Lipinski definition) is 3. The highest BCUT2D eigenvalue weighted by atomic mass is 19.3. The lowest BCUT2D eigenvalue weighted by atomic mass is 9.88. The average molecular weight is 271 g/mol. The zero-order valence-corrected chi connectivity index (χ0v) is 11.1. The second kappa shape index (κ2) is 6.58. The van der Waals surface area contributed by atoms with Gasteiger partial charge in [-0.05, 0) is 19.7 Å². The maximum Gasteiger partial charge on any atom is 0.251 e. The van der Waals surface area contributed by atoms with E-state index in [1.54, 1.807) is 31.3 Å². The molecule has 0 aromatic heterocycles. The molecular formula is C13H19F2N3O. The summed E-state index contributed by atoms with van der Waals surface area (Å²) in [7, 11) is 3.12. The van der Waals surface area contributed by atoms with Crippen LogP contribution in [0.2, 0.25) is 0 Å². The Morgan fingerprint density at radius 3 is 2.42 bits per heavy atom. The first-order chi connectivity index (χ1) is 8.92. The monoisotopic (exact) mass is 271 g/mol. The molecule has 0 heterocycles. The number of halogens is 2. The molecule has 1 aromatic carbocycles. The van der Waals surface area contributed by atoms with Crippen LogP contribution < -0.4 is 11.1 Å². The summed E-state index contributed by atoms with van der Waals surface area (Å²) in [5.41, 5.74) is 4.96. The predicted octanol–water partition coefficient (Wildman–Crippen LogP) is 0.784. The summed E-state index contributed by atoms with van der Waals surface area (Å²) in [6, 6.07) is 8.86. The second-order valence-electron chi connectivity index (χ2n) is 4.47. The van der Waals surface area contributed by atoms with Crippen molar-refractivity contribution in [3.05, 3.63) is 35.9 Å². The molecule has 1 unspecified atom stereocenters. The highest BCUT2D eigenvalue weighted by Crippen LogP contribution is 2.22. The molecule has 0 aliphatic heterocycles. The summed E-state index contributed by atoms with van der Waals surface area (Å²) in [6.07, 6.45) is -2.46. The Kier molecular flexibility index (Phi) is 5.38. The highest BCUT2D eigenvalue weighted by molar-refractivity contribution is 5.86. The minimum absolute atomic E-state index is 0.0766. The lowest BCUT2D eigenvalue weighted by molar-refractivity contribution is -0.125. The van der Waals surface area contributed by atoms with Crippen molar-refractivity contribution in [3.8, 4) is 0 Å². The molecule has 3 N–H and O–H groups in total. The summed E-state index contributed by atoms with van der Waals surface area (Å²) in [5, 5.41) is 2.87. The van der Waals surface area contributed by atoms with E-state index in [0.29, 0.717) is 5.56 Å². The van der Waals surface area contributed by atoms with Crippen LogP contribution in [-0.2, 0) is 10.3 Å². The maximum atomic E-state index is 12.4. The lowest BCUT2D eigenvalue weighted by Crippen LogP contribution is -2.57. The predicted molar refractivity (Wildman–Crippen MR) is 69.9 cm³/mol. The molecule has 106 valence electrons. The number of carbonyl (C=O) groups excluding carboxylic acids is 1. The van der Waals surface area contributed by atoms with E-state index in [9.17, 15) is 13.6 Å². The summed E-state index contributed by atoms with van der Waals surface area (Å²) in [6.45, 7) is -0.337. The molecule has 0 saturated heterocycles. The topological polar surface area (TPSA) is 58.4 Å². The van der Waals surface area contributed by atoms with Crippen LogP contribution in [0.4, 0.5) is 8.78 Å². The van der Waals surface area contributed by atoms with Crippen LogP contribution >= 0.6 is 0 Å². The quantitative estimate of drug-likeness (QED) is 0.770. The molecule has 0 saturated carbocycles. The first-order valence-corrected chi connectivity index (χ1v) is 5.93.